The smallest absolute Gasteiger partial charge is 0.193 e. The monoisotopic (exact) mass is 295 g/mol. The summed E-state index contributed by atoms with van der Waals surface area (Å²) in [5.41, 5.74) is 0. The van der Waals surface area contributed by atoms with Crippen molar-refractivity contribution in [3.63, 3.8) is 0 Å². The summed E-state index contributed by atoms with van der Waals surface area (Å²) in [4.78, 5) is 3.85. The van der Waals surface area contributed by atoms with Gasteiger partial charge in [-0.25, -0.2) is 13.4 Å². The molecule has 0 fully saturated rings. The standard InChI is InChI=1S/C8H10BrNO4S/c1-13-5-4-6(15(3,11)12)10-8(9)7(5)14-2/h4H,1-3H3. The van der Waals surface area contributed by atoms with Gasteiger partial charge in [-0.2, -0.15) is 0 Å². The zero-order valence-electron chi connectivity index (χ0n) is 8.44. The van der Waals surface area contributed by atoms with Crippen molar-refractivity contribution in [3.05, 3.63) is 10.7 Å². The van der Waals surface area contributed by atoms with Crippen LogP contribution in [0.3, 0.4) is 0 Å². The van der Waals surface area contributed by atoms with E-state index in [0.29, 0.717) is 16.1 Å². The number of rotatable bonds is 3. The van der Waals surface area contributed by atoms with E-state index in [2.05, 4.69) is 20.9 Å². The molecule has 5 nitrogen and oxygen atoms in total. The zero-order valence-corrected chi connectivity index (χ0v) is 10.8. The molecule has 0 aliphatic carbocycles. The quantitative estimate of drug-likeness (QED) is 0.786. The third-order valence-electron chi connectivity index (χ3n) is 1.68. The molecule has 1 aromatic heterocycles. The second-order valence-corrected chi connectivity index (χ2v) is 5.47. The summed E-state index contributed by atoms with van der Waals surface area (Å²) in [5, 5.41) is -0.0629. The summed E-state index contributed by atoms with van der Waals surface area (Å²) in [6.45, 7) is 0. The topological polar surface area (TPSA) is 65.5 Å². The molecule has 0 radical (unpaired) electrons. The number of methoxy groups -OCH3 is 2. The molecule has 7 heteroatoms. The first-order valence-electron chi connectivity index (χ1n) is 3.88. The Labute approximate surface area is 96.5 Å². The zero-order chi connectivity index (χ0) is 11.6. The molecule has 0 spiro atoms. The highest BCUT2D eigenvalue weighted by atomic mass is 79.9. The first-order valence-corrected chi connectivity index (χ1v) is 6.57. The fourth-order valence-corrected chi connectivity index (χ4v) is 2.23. The highest BCUT2D eigenvalue weighted by Crippen LogP contribution is 2.34. The van der Waals surface area contributed by atoms with Gasteiger partial charge in [0.2, 0.25) is 0 Å². The molecule has 0 amide bonds. The minimum absolute atomic E-state index is 0.0629. The summed E-state index contributed by atoms with van der Waals surface area (Å²) in [7, 11) is -0.484. The van der Waals surface area contributed by atoms with Gasteiger partial charge >= 0.3 is 0 Å². The van der Waals surface area contributed by atoms with E-state index in [4.69, 9.17) is 9.47 Å². The van der Waals surface area contributed by atoms with Crippen LogP contribution >= 0.6 is 15.9 Å². The molecule has 0 aliphatic rings. The van der Waals surface area contributed by atoms with Gasteiger partial charge in [0.15, 0.2) is 31.0 Å². The van der Waals surface area contributed by atoms with Gasteiger partial charge in [0.25, 0.3) is 0 Å². The van der Waals surface area contributed by atoms with Gasteiger partial charge in [0.05, 0.1) is 14.2 Å². The highest BCUT2D eigenvalue weighted by Gasteiger charge is 2.17. The van der Waals surface area contributed by atoms with Gasteiger partial charge in [0.1, 0.15) is 0 Å². The van der Waals surface area contributed by atoms with Gasteiger partial charge < -0.3 is 9.47 Å². The lowest BCUT2D eigenvalue weighted by molar-refractivity contribution is 0.349. The predicted molar refractivity (Wildman–Crippen MR) is 58.2 cm³/mol. The van der Waals surface area contributed by atoms with Gasteiger partial charge in [0, 0.05) is 12.3 Å². The predicted octanol–water partition coefficient (Wildman–Crippen LogP) is 1.26. The Bertz CT molecular complexity index is 472. The van der Waals surface area contributed by atoms with Crippen molar-refractivity contribution in [2.45, 2.75) is 5.03 Å². The van der Waals surface area contributed by atoms with Crippen molar-refractivity contribution in [2.75, 3.05) is 20.5 Å². The second kappa shape index (κ2) is 4.36. The lowest BCUT2D eigenvalue weighted by atomic mass is 10.4. The van der Waals surface area contributed by atoms with Crippen LogP contribution in [-0.2, 0) is 9.84 Å². The fourth-order valence-electron chi connectivity index (χ4n) is 0.986. The van der Waals surface area contributed by atoms with E-state index in [1.54, 1.807) is 0 Å². The van der Waals surface area contributed by atoms with Crippen LogP contribution in [0.4, 0.5) is 0 Å². The summed E-state index contributed by atoms with van der Waals surface area (Å²) >= 11 is 3.11. The van der Waals surface area contributed by atoms with E-state index in [1.807, 2.05) is 0 Å². The molecule has 0 N–H and O–H groups in total. The summed E-state index contributed by atoms with van der Waals surface area (Å²) in [5.74, 6) is 0.685. The van der Waals surface area contributed by atoms with Crippen LogP contribution in [0, 0.1) is 0 Å². The Balaban J connectivity index is 3.45. The van der Waals surface area contributed by atoms with Crippen molar-refractivity contribution >= 4 is 25.8 Å². The molecule has 1 heterocycles. The van der Waals surface area contributed by atoms with Crippen molar-refractivity contribution in [2.24, 2.45) is 0 Å². The third kappa shape index (κ3) is 2.60. The Morgan fingerprint density at radius 3 is 2.33 bits per heavy atom. The lowest BCUT2D eigenvalue weighted by Gasteiger charge is -2.09. The average molecular weight is 296 g/mol. The lowest BCUT2D eigenvalue weighted by Crippen LogP contribution is -2.03. The van der Waals surface area contributed by atoms with E-state index in [1.165, 1.54) is 20.3 Å². The Hall–Kier alpha value is -0.820. The average Bonchev–Trinajstić information content (AvgIpc) is 2.15. The van der Waals surface area contributed by atoms with Crippen molar-refractivity contribution in [1.82, 2.24) is 4.98 Å². The first kappa shape index (κ1) is 12.3. The molecule has 0 saturated carbocycles. The largest absolute Gasteiger partial charge is 0.493 e. The summed E-state index contributed by atoms with van der Waals surface area (Å²) in [6, 6.07) is 1.32. The molecule has 84 valence electrons. The van der Waals surface area contributed by atoms with Crippen LogP contribution in [0.5, 0.6) is 11.5 Å². The Morgan fingerprint density at radius 2 is 1.93 bits per heavy atom. The molecular weight excluding hydrogens is 286 g/mol. The molecule has 0 unspecified atom stereocenters. The number of ether oxygens (including phenoxy) is 2. The van der Waals surface area contributed by atoms with Crippen LogP contribution in [0.25, 0.3) is 0 Å². The van der Waals surface area contributed by atoms with E-state index in [9.17, 15) is 8.42 Å². The number of pyridine rings is 1. The van der Waals surface area contributed by atoms with Crippen LogP contribution in [-0.4, -0.2) is 33.9 Å². The first-order chi connectivity index (χ1) is 6.90. The SMILES string of the molecule is COc1cc(S(C)(=O)=O)nc(Br)c1OC. The van der Waals surface area contributed by atoms with Crippen LogP contribution < -0.4 is 9.47 Å². The third-order valence-corrected chi connectivity index (χ3v) is 3.18. The van der Waals surface area contributed by atoms with E-state index < -0.39 is 9.84 Å². The maximum absolute atomic E-state index is 11.3. The molecular formula is C8H10BrNO4S. The number of nitrogens with zero attached hydrogens (tertiary/aromatic N) is 1. The second-order valence-electron chi connectivity index (χ2n) is 2.76. The maximum Gasteiger partial charge on any atom is 0.193 e. The molecule has 0 atom stereocenters. The van der Waals surface area contributed by atoms with Crippen LogP contribution in [0.15, 0.2) is 15.7 Å². The molecule has 0 aliphatic heterocycles. The molecule has 0 aromatic carbocycles. The van der Waals surface area contributed by atoms with Gasteiger partial charge in [-0.15, -0.1) is 0 Å². The molecule has 1 aromatic rings. The summed E-state index contributed by atoms with van der Waals surface area (Å²) in [6.07, 6.45) is 1.08. The number of hydrogen-bond acceptors (Lipinski definition) is 5. The Morgan fingerprint density at radius 1 is 1.33 bits per heavy atom. The van der Waals surface area contributed by atoms with E-state index in [-0.39, 0.29) is 5.03 Å². The number of hydrogen-bond donors (Lipinski definition) is 0. The number of halogens is 1. The number of sulfone groups is 1. The van der Waals surface area contributed by atoms with E-state index in [0.717, 1.165) is 6.26 Å². The minimum atomic E-state index is -3.36. The van der Waals surface area contributed by atoms with Gasteiger partial charge in [-0.1, -0.05) is 0 Å². The van der Waals surface area contributed by atoms with Crippen LogP contribution in [0.1, 0.15) is 0 Å². The Kier molecular flexibility index (Phi) is 3.56. The molecule has 15 heavy (non-hydrogen) atoms. The fraction of sp³-hybridized carbons (Fsp3) is 0.375. The normalized spacial score (nSPS) is 11.2. The minimum Gasteiger partial charge on any atom is -0.493 e. The molecule has 0 bridgehead atoms. The van der Waals surface area contributed by atoms with Crippen LogP contribution in [0.2, 0.25) is 0 Å². The van der Waals surface area contributed by atoms with E-state index >= 15 is 0 Å². The molecule has 1 rings (SSSR count). The van der Waals surface area contributed by atoms with Crippen molar-refractivity contribution < 1.29 is 17.9 Å². The van der Waals surface area contributed by atoms with Crippen molar-refractivity contribution in [1.29, 1.82) is 0 Å². The van der Waals surface area contributed by atoms with Crippen molar-refractivity contribution in [3.8, 4) is 11.5 Å². The molecule has 0 saturated heterocycles. The highest BCUT2D eigenvalue weighted by molar-refractivity contribution is 9.10. The summed E-state index contributed by atoms with van der Waals surface area (Å²) < 4.78 is 32.8. The van der Waals surface area contributed by atoms with Gasteiger partial charge in [-0.3, -0.25) is 0 Å². The maximum atomic E-state index is 11.3. The number of aromatic nitrogens is 1. The van der Waals surface area contributed by atoms with Gasteiger partial charge in [-0.05, 0) is 15.9 Å².